The number of aryl methyl sites for hydroxylation is 2. The topological polar surface area (TPSA) is 90.1 Å². The van der Waals surface area contributed by atoms with Gasteiger partial charge in [0.05, 0.1) is 6.54 Å². The van der Waals surface area contributed by atoms with Gasteiger partial charge in [0, 0.05) is 18.1 Å². The first-order valence-corrected chi connectivity index (χ1v) is 8.05. The van der Waals surface area contributed by atoms with E-state index in [2.05, 4.69) is 15.4 Å². The van der Waals surface area contributed by atoms with Gasteiger partial charge < -0.3 is 9.84 Å². The van der Waals surface area contributed by atoms with E-state index in [0.717, 1.165) is 5.56 Å². The largest absolute Gasteiger partial charge is 0.481 e. The average Bonchev–Trinajstić information content (AvgIpc) is 3.03. The van der Waals surface area contributed by atoms with Gasteiger partial charge in [0.2, 0.25) is 5.82 Å². The highest BCUT2D eigenvalue weighted by atomic mass is 19.1. The molecule has 134 valence electrons. The number of benzene rings is 2. The van der Waals surface area contributed by atoms with Crippen LogP contribution in [0.15, 0.2) is 42.5 Å². The van der Waals surface area contributed by atoms with Crippen molar-refractivity contribution in [3.05, 3.63) is 53.8 Å². The van der Waals surface area contributed by atoms with Gasteiger partial charge in [-0.25, -0.2) is 4.39 Å². The summed E-state index contributed by atoms with van der Waals surface area (Å²) in [6, 6.07) is 11.6. The molecule has 26 heavy (non-hydrogen) atoms. The molecule has 1 N–H and O–H groups in total. The first kappa shape index (κ1) is 17.5. The van der Waals surface area contributed by atoms with E-state index < -0.39 is 5.97 Å². The van der Waals surface area contributed by atoms with Crippen LogP contribution in [0, 0.1) is 12.7 Å². The van der Waals surface area contributed by atoms with Gasteiger partial charge in [0.1, 0.15) is 17.3 Å². The predicted molar refractivity (Wildman–Crippen MR) is 91.3 cm³/mol. The Kier molecular flexibility index (Phi) is 5.21. The molecule has 0 saturated carbocycles. The molecule has 7 nitrogen and oxygen atoms in total. The molecule has 0 spiro atoms. The van der Waals surface area contributed by atoms with Gasteiger partial charge in [-0.05, 0) is 48.4 Å². The number of hydrogen-bond acceptors (Lipinski definition) is 5. The third kappa shape index (κ3) is 4.62. The first-order valence-electron chi connectivity index (χ1n) is 8.05. The minimum atomic E-state index is -0.859. The number of aromatic nitrogens is 4. The van der Waals surface area contributed by atoms with Gasteiger partial charge in [-0.2, -0.15) is 4.80 Å². The van der Waals surface area contributed by atoms with E-state index >= 15 is 0 Å². The highest BCUT2D eigenvalue weighted by molar-refractivity contribution is 5.66. The zero-order chi connectivity index (χ0) is 18.5. The second kappa shape index (κ2) is 7.73. The van der Waals surface area contributed by atoms with Crippen molar-refractivity contribution in [1.82, 2.24) is 20.2 Å². The fraction of sp³-hybridized carbons (Fsp3) is 0.222. The van der Waals surface area contributed by atoms with E-state index in [4.69, 9.17) is 9.84 Å². The van der Waals surface area contributed by atoms with Crippen molar-refractivity contribution in [2.45, 2.75) is 26.3 Å². The molecule has 0 fully saturated rings. The van der Waals surface area contributed by atoms with Crippen LogP contribution in [0.2, 0.25) is 0 Å². The number of tetrazole rings is 1. The molecule has 1 heterocycles. The van der Waals surface area contributed by atoms with Crippen LogP contribution in [0.3, 0.4) is 0 Å². The Labute approximate surface area is 149 Å². The smallest absolute Gasteiger partial charge is 0.303 e. The van der Waals surface area contributed by atoms with E-state index in [0.29, 0.717) is 35.9 Å². The first-order chi connectivity index (χ1) is 12.5. The van der Waals surface area contributed by atoms with Crippen LogP contribution in [0.25, 0.3) is 11.4 Å². The maximum atomic E-state index is 13.5. The summed E-state index contributed by atoms with van der Waals surface area (Å²) in [5.41, 5.74) is 1.46. The predicted octanol–water partition coefficient (Wildman–Crippen LogP) is 3.44. The molecular weight excluding hydrogens is 339 g/mol. The van der Waals surface area contributed by atoms with Gasteiger partial charge in [-0.3, -0.25) is 4.79 Å². The third-order valence-electron chi connectivity index (χ3n) is 3.55. The average molecular weight is 356 g/mol. The molecule has 0 atom stereocenters. The van der Waals surface area contributed by atoms with Crippen molar-refractivity contribution in [2.24, 2.45) is 0 Å². The van der Waals surface area contributed by atoms with Gasteiger partial charge in [0.25, 0.3) is 0 Å². The molecule has 0 aliphatic heterocycles. The van der Waals surface area contributed by atoms with Crippen molar-refractivity contribution >= 4 is 5.97 Å². The van der Waals surface area contributed by atoms with Crippen LogP contribution in [-0.2, 0) is 11.3 Å². The molecule has 2 aromatic carbocycles. The van der Waals surface area contributed by atoms with E-state index in [1.165, 1.54) is 16.9 Å². The Morgan fingerprint density at radius 3 is 2.85 bits per heavy atom. The molecule has 3 aromatic rings. The second-order valence-corrected chi connectivity index (χ2v) is 5.80. The number of carboxylic acids is 1. The van der Waals surface area contributed by atoms with Crippen molar-refractivity contribution in [3.8, 4) is 22.9 Å². The van der Waals surface area contributed by atoms with E-state index in [9.17, 15) is 9.18 Å². The summed E-state index contributed by atoms with van der Waals surface area (Å²) >= 11 is 0. The Morgan fingerprint density at radius 1 is 1.23 bits per heavy atom. The SMILES string of the molecule is Cc1cc(F)cc(Oc2cccc(-c3nnn(CCCC(=O)O)n3)c2)c1. The van der Waals surface area contributed by atoms with Crippen LogP contribution >= 0.6 is 0 Å². The van der Waals surface area contributed by atoms with Crippen molar-refractivity contribution in [2.75, 3.05) is 0 Å². The summed E-state index contributed by atoms with van der Waals surface area (Å²) in [5.74, 6) is 0.116. The lowest BCUT2D eigenvalue weighted by Gasteiger charge is -2.07. The Balaban J connectivity index is 1.73. The molecule has 8 heteroatoms. The van der Waals surface area contributed by atoms with E-state index in [1.54, 1.807) is 31.2 Å². The quantitative estimate of drug-likeness (QED) is 0.697. The van der Waals surface area contributed by atoms with Gasteiger partial charge in [-0.15, -0.1) is 10.2 Å². The van der Waals surface area contributed by atoms with Gasteiger partial charge >= 0.3 is 5.97 Å². The van der Waals surface area contributed by atoms with Crippen LogP contribution in [0.4, 0.5) is 4.39 Å². The van der Waals surface area contributed by atoms with Crippen LogP contribution in [0.1, 0.15) is 18.4 Å². The molecule has 0 unspecified atom stereocenters. The molecule has 0 saturated heterocycles. The number of ether oxygens (including phenoxy) is 1. The highest BCUT2D eigenvalue weighted by Gasteiger charge is 2.09. The summed E-state index contributed by atoms with van der Waals surface area (Å²) in [5, 5.41) is 20.8. The molecular formula is C18H17FN4O3. The number of aliphatic carboxylic acids is 1. The minimum absolute atomic E-state index is 0.0489. The van der Waals surface area contributed by atoms with Crippen LogP contribution < -0.4 is 4.74 Å². The number of carboxylic acid groups (broad SMARTS) is 1. The van der Waals surface area contributed by atoms with Crippen molar-refractivity contribution in [1.29, 1.82) is 0 Å². The molecule has 0 bridgehead atoms. The summed E-state index contributed by atoms with van der Waals surface area (Å²) in [7, 11) is 0. The third-order valence-corrected chi connectivity index (χ3v) is 3.55. The summed E-state index contributed by atoms with van der Waals surface area (Å²) in [6.07, 6.45) is 0.473. The molecule has 0 aliphatic rings. The number of halogens is 1. The molecule has 1 aromatic heterocycles. The fourth-order valence-electron chi connectivity index (χ4n) is 2.42. The van der Waals surface area contributed by atoms with E-state index in [1.807, 2.05) is 6.07 Å². The summed E-state index contributed by atoms with van der Waals surface area (Å²) < 4.78 is 19.2. The lowest BCUT2D eigenvalue weighted by atomic mass is 10.2. The Bertz CT molecular complexity index is 906. The number of nitrogens with zero attached hydrogens (tertiary/aromatic N) is 4. The fourth-order valence-corrected chi connectivity index (χ4v) is 2.42. The number of hydrogen-bond donors (Lipinski definition) is 1. The van der Waals surface area contributed by atoms with Crippen molar-refractivity contribution < 1.29 is 19.0 Å². The van der Waals surface area contributed by atoms with Crippen LogP contribution in [-0.4, -0.2) is 31.3 Å². The van der Waals surface area contributed by atoms with Gasteiger partial charge in [-0.1, -0.05) is 12.1 Å². The van der Waals surface area contributed by atoms with Gasteiger partial charge in [0.15, 0.2) is 0 Å². The maximum Gasteiger partial charge on any atom is 0.303 e. The molecule has 0 amide bonds. The molecule has 0 aliphatic carbocycles. The monoisotopic (exact) mass is 356 g/mol. The second-order valence-electron chi connectivity index (χ2n) is 5.80. The Morgan fingerprint density at radius 2 is 2.08 bits per heavy atom. The normalized spacial score (nSPS) is 10.7. The number of rotatable bonds is 7. The number of carbonyl (C=O) groups is 1. The highest BCUT2D eigenvalue weighted by Crippen LogP contribution is 2.26. The summed E-state index contributed by atoms with van der Waals surface area (Å²) in [6.45, 7) is 2.16. The van der Waals surface area contributed by atoms with E-state index in [-0.39, 0.29) is 12.2 Å². The van der Waals surface area contributed by atoms with Crippen LogP contribution in [0.5, 0.6) is 11.5 Å². The maximum absolute atomic E-state index is 13.5. The summed E-state index contributed by atoms with van der Waals surface area (Å²) in [4.78, 5) is 11.9. The lowest BCUT2D eigenvalue weighted by Crippen LogP contribution is -2.05. The lowest BCUT2D eigenvalue weighted by molar-refractivity contribution is -0.137. The zero-order valence-corrected chi connectivity index (χ0v) is 14.1. The Hall–Kier alpha value is -3.29. The molecule has 3 rings (SSSR count). The van der Waals surface area contributed by atoms with Crippen molar-refractivity contribution in [3.63, 3.8) is 0 Å². The zero-order valence-electron chi connectivity index (χ0n) is 14.1. The minimum Gasteiger partial charge on any atom is -0.481 e. The molecule has 0 radical (unpaired) electrons. The standard InChI is InChI=1S/C18H17FN4O3/c1-12-8-14(19)11-16(9-12)26-15-5-2-4-13(10-15)18-20-22-23(21-18)7-3-6-17(24)25/h2,4-5,8-11H,3,6-7H2,1H3,(H,24,25).